The van der Waals surface area contributed by atoms with Crippen LogP contribution in [0.25, 0.3) is 0 Å². The summed E-state index contributed by atoms with van der Waals surface area (Å²) in [6.07, 6.45) is 0. The number of benzene rings is 1. The van der Waals surface area contributed by atoms with Crippen LogP contribution in [0.3, 0.4) is 0 Å². The van der Waals surface area contributed by atoms with Crippen LogP contribution < -0.4 is 10.6 Å². The summed E-state index contributed by atoms with van der Waals surface area (Å²) < 4.78 is 14.7. The molecule has 0 fully saturated rings. The number of nitrogens with two attached hydrogens (primary N) is 1. The fourth-order valence-corrected chi connectivity index (χ4v) is 3.29. The zero-order valence-corrected chi connectivity index (χ0v) is 14.2. The van der Waals surface area contributed by atoms with Crippen molar-refractivity contribution in [1.82, 2.24) is 4.98 Å². The first-order chi connectivity index (χ1) is 9.40. The number of halogens is 2. The van der Waals surface area contributed by atoms with Crippen LogP contribution in [0.15, 0.2) is 22.0 Å². The van der Waals surface area contributed by atoms with Crippen molar-refractivity contribution >= 4 is 50.2 Å². The summed E-state index contributed by atoms with van der Waals surface area (Å²) in [4.78, 5) is 6.35. The molecule has 0 saturated heterocycles. The van der Waals surface area contributed by atoms with Crippen LogP contribution in [-0.2, 0) is 6.54 Å². The lowest BCUT2D eigenvalue weighted by Gasteiger charge is -2.20. The van der Waals surface area contributed by atoms with Crippen molar-refractivity contribution < 1.29 is 4.39 Å². The van der Waals surface area contributed by atoms with Gasteiger partial charge < -0.3 is 10.6 Å². The van der Waals surface area contributed by atoms with E-state index in [1.807, 2.05) is 19.4 Å². The summed E-state index contributed by atoms with van der Waals surface area (Å²) >= 11 is 9.67. The lowest BCUT2D eigenvalue weighted by molar-refractivity contribution is 0.615. The van der Waals surface area contributed by atoms with Crippen molar-refractivity contribution in [1.29, 1.82) is 0 Å². The lowest BCUT2D eigenvalue weighted by atomic mass is 10.2. The van der Waals surface area contributed by atoms with Crippen molar-refractivity contribution in [3.05, 3.63) is 44.1 Å². The molecule has 20 heavy (non-hydrogen) atoms. The normalized spacial score (nSPS) is 10.6. The second kappa shape index (κ2) is 6.15. The van der Waals surface area contributed by atoms with Gasteiger partial charge in [-0.2, -0.15) is 0 Å². The second-order valence-corrected chi connectivity index (χ2v) is 6.63. The Morgan fingerprint density at radius 1 is 1.55 bits per heavy atom. The van der Waals surface area contributed by atoms with E-state index in [9.17, 15) is 4.39 Å². The molecule has 0 spiro atoms. The monoisotopic (exact) mass is 373 g/mol. The third-order valence-electron chi connectivity index (χ3n) is 2.80. The molecule has 1 aromatic heterocycles. The van der Waals surface area contributed by atoms with Crippen LogP contribution in [0, 0.1) is 12.7 Å². The van der Waals surface area contributed by atoms with Gasteiger partial charge in [0.1, 0.15) is 4.99 Å². The van der Waals surface area contributed by atoms with Crippen molar-refractivity contribution in [3.63, 3.8) is 0 Å². The predicted molar refractivity (Wildman–Crippen MR) is 88.9 cm³/mol. The topological polar surface area (TPSA) is 42.2 Å². The number of aryl methyl sites for hydroxylation is 1. The van der Waals surface area contributed by atoms with Gasteiger partial charge in [0.05, 0.1) is 27.4 Å². The Hall–Kier alpha value is -1.05. The molecule has 106 valence electrons. The molecule has 0 radical (unpaired) electrons. The van der Waals surface area contributed by atoms with Gasteiger partial charge in [0.25, 0.3) is 0 Å². The molecule has 0 unspecified atom stereocenters. The Kier molecular flexibility index (Phi) is 4.72. The predicted octanol–water partition coefficient (Wildman–Crippen LogP) is 3.62. The van der Waals surface area contributed by atoms with Gasteiger partial charge in [0.15, 0.2) is 5.82 Å². The molecule has 0 atom stereocenters. The van der Waals surface area contributed by atoms with E-state index in [0.29, 0.717) is 22.3 Å². The number of aromatic nitrogens is 1. The number of hydrogen-bond acceptors (Lipinski definition) is 4. The third kappa shape index (κ3) is 3.16. The fourth-order valence-electron chi connectivity index (χ4n) is 1.83. The molecule has 0 saturated carbocycles. The molecule has 2 N–H and O–H groups in total. The fraction of sp³-hybridized carbons (Fsp3) is 0.231. The molecule has 1 aromatic carbocycles. The minimum Gasteiger partial charge on any atom is -0.389 e. The van der Waals surface area contributed by atoms with Gasteiger partial charge in [-0.1, -0.05) is 12.2 Å². The number of thiocarbonyl (C=S) groups is 1. The van der Waals surface area contributed by atoms with Gasteiger partial charge in [-0.05, 0) is 35.0 Å². The van der Waals surface area contributed by atoms with E-state index < -0.39 is 0 Å². The molecule has 7 heteroatoms. The zero-order chi connectivity index (χ0) is 14.9. The molecule has 0 aliphatic rings. The van der Waals surface area contributed by atoms with Crippen LogP contribution in [0.2, 0.25) is 0 Å². The maximum absolute atomic E-state index is 14.4. The van der Waals surface area contributed by atoms with E-state index in [1.165, 1.54) is 0 Å². The zero-order valence-electron chi connectivity index (χ0n) is 11.0. The SMILES string of the molecule is Cc1nc(CN(C)c2ccc(C(N)=S)c(Br)c2F)cs1. The molecular weight excluding hydrogens is 361 g/mol. The first kappa shape index (κ1) is 15.3. The van der Waals surface area contributed by atoms with Crippen LogP contribution in [0.5, 0.6) is 0 Å². The van der Waals surface area contributed by atoms with Crippen LogP contribution in [0.4, 0.5) is 10.1 Å². The van der Waals surface area contributed by atoms with Gasteiger partial charge >= 0.3 is 0 Å². The summed E-state index contributed by atoms with van der Waals surface area (Å²) in [5, 5.41) is 2.97. The molecule has 0 aliphatic heterocycles. The molecule has 2 rings (SSSR count). The molecule has 3 nitrogen and oxygen atoms in total. The van der Waals surface area contributed by atoms with Gasteiger partial charge in [-0.15, -0.1) is 11.3 Å². The lowest BCUT2D eigenvalue weighted by Crippen LogP contribution is -2.19. The van der Waals surface area contributed by atoms with E-state index >= 15 is 0 Å². The van der Waals surface area contributed by atoms with Gasteiger partial charge in [-0.3, -0.25) is 0 Å². The Labute approximate surface area is 134 Å². The molecule has 0 bridgehead atoms. The van der Waals surface area contributed by atoms with Gasteiger partial charge in [0.2, 0.25) is 0 Å². The van der Waals surface area contributed by atoms with Gasteiger partial charge in [0, 0.05) is 18.0 Å². The Bertz CT molecular complexity index is 657. The molecular formula is C13H13BrFN3S2. The summed E-state index contributed by atoms with van der Waals surface area (Å²) in [7, 11) is 1.82. The Morgan fingerprint density at radius 2 is 2.25 bits per heavy atom. The highest BCUT2D eigenvalue weighted by Gasteiger charge is 2.16. The van der Waals surface area contributed by atoms with Crippen LogP contribution in [-0.4, -0.2) is 17.0 Å². The minimum absolute atomic E-state index is 0.167. The third-order valence-corrected chi connectivity index (χ3v) is 4.62. The van der Waals surface area contributed by atoms with E-state index in [1.54, 1.807) is 28.4 Å². The molecule has 0 aliphatic carbocycles. The first-order valence-electron chi connectivity index (χ1n) is 5.80. The average Bonchev–Trinajstić information content (AvgIpc) is 2.77. The highest BCUT2D eigenvalue weighted by atomic mass is 79.9. The average molecular weight is 374 g/mol. The van der Waals surface area contributed by atoms with Crippen molar-refractivity contribution in [2.24, 2.45) is 5.73 Å². The Morgan fingerprint density at radius 3 is 2.80 bits per heavy atom. The maximum atomic E-state index is 14.4. The van der Waals surface area contributed by atoms with E-state index in [4.69, 9.17) is 18.0 Å². The molecule has 1 heterocycles. The minimum atomic E-state index is -0.371. The van der Waals surface area contributed by atoms with E-state index in [2.05, 4.69) is 20.9 Å². The summed E-state index contributed by atoms with van der Waals surface area (Å²) in [6.45, 7) is 2.49. The van der Waals surface area contributed by atoms with Crippen molar-refractivity contribution in [3.8, 4) is 0 Å². The highest BCUT2D eigenvalue weighted by molar-refractivity contribution is 9.10. The first-order valence-corrected chi connectivity index (χ1v) is 7.88. The van der Waals surface area contributed by atoms with Crippen molar-refractivity contribution in [2.75, 3.05) is 11.9 Å². The standard InChI is InChI=1S/C13H13BrFN3S2/c1-7-17-8(6-20-7)5-18(2)10-4-3-9(13(16)19)11(14)12(10)15/h3-4,6H,5H2,1-2H3,(H2,16,19). The quantitative estimate of drug-likeness (QED) is 0.830. The second-order valence-electron chi connectivity index (χ2n) is 4.34. The van der Waals surface area contributed by atoms with E-state index in [-0.39, 0.29) is 10.8 Å². The maximum Gasteiger partial charge on any atom is 0.161 e. The number of thiazole rings is 1. The number of anilines is 1. The van der Waals surface area contributed by atoms with E-state index in [0.717, 1.165) is 10.7 Å². The van der Waals surface area contributed by atoms with Crippen molar-refractivity contribution in [2.45, 2.75) is 13.5 Å². The number of hydrogen-bond donors (Lipinski definition) is 1. The molecule has 2 aromatic rings. The summed E-state index contributed by atoms with van der Waals surface area (Å²) in [5.41, 5.74) is 7.44. The van der Waals surface area contributed by atoms with Crippen LogP contribution in [0.1, 0.15) is 16.3 Å². The smallest absolute Gasteiger partial charge is 0.161 e. The molecule has 0 amide bonds. The summed E-state index contributed by atoms with van der Waals surface area (Å²) in [5.74, 6) is -0.371. The number of rotatable bonds is 4. The number of nitrogens with zero attached hydrogens (tertiary/aromatic N) is 2. The summed E-state index contributed by atoms with van der Waals surface area (Å²) in [6, 6.07) is 3.39. The van der Waals surface area contributed by atoms with Gasteiger partial charge in [-0.25, -0.2) is 9.37 Å². The van der Waals surface area contributed by atoms with Crippen LogP contribution >= 0.6 is 39.5 Å². The largest absolute Gasteiger partial charge is 0.389 e. The highest BCUT2D eigenvalue weighted by Crippen LogP contribution is 2.29. The Balaban J connectivity index is 2.28.